The van der Waals surface area contributed by atoms with E-state index >= 15 is 0 Å². The van der Waals surface area contributed by atoms with Gasteiger partial charge in [0.2, 0.25) is 10.0 Å². The maximum absolute atomic E-state index is 13.3. The van der Waals surface area contributed by atoms with Crippen molar-refractivity contribution < 1.29 is 12.8 Å². The van der Waals surface area contributed by atoms with Crippen LogP contribution in [0.5, 0.6) is 0 Å². The summed E-state index contributed by atoms with van der Waals surface area (Å²) in [7, 11) is -0.0619. The largest absolute Gasteiger partial charge is 0.399 e. The van der Waals surface area contributed by atoms with E-state index in [0.717, 1.165) is 12.1 Å². The number of hydrogen-bond donors (Lipinski definition) is 2. The highest BCUT2D eigenvalue weighted by atomic mass is 32.2. The number of likely N-dealkylation sites (N-methyl/N-ethyl adjacent to an activating group) is 1. The normalized spacial score (nSPS) is 13.9. The standard InChI is InChI=1S/C13H22FN3O2S/c1-9(2)13(8-17(3)4)16-20(18,19)12-6-10(14)5-11(15)7-12/h5-7,9,13,16H,8,15H2,1-4H3. The van der Waals surface area contributed by atoms with E-state index in [0.29, 0.717) is 6.54 Å². The average Bonchev–Trinajstić information content (AvgIpc) is 2.25. The van der Waals surface area contributed by atoms with Crippen LogP contribution in [0, 0.1) is 11.7 Å². The number of halogens is 1. The summed E-state index contributed by atoms with van der Waals surface area (Å²) in [5, 5.41) is 0. The van der Waals surface area contributed by atoms with Crippen molar-refractivity contribution in [2.24, 2.45) is 5.92 Å². The monoisotopic (exact) mass is 303 g/mol. The number of nitrogens with two attached hydrogens (primary N) is 1. The minimum atomic E-state index is -3.79. The van der Waals surface area contributed by atoms with E-state index in [4.69, 9.17) is 5.73 Å². The summed E-state index contributed by atoms with van der Waals surface area (Å²) in [5.41, 5.74) is 5.57. The zero-order valence-electron chi connectivity index (χ0n) is 12.2. The van der Waals surface area contributed by atoms with Gasteiger partial charge in [-0.25, -0.2) is 17.5 Å². The van der Waals surface area contributed by atoms with Crippen LogP contribution >= 0.6 is 0 Å². The van der Waals surface area contributed by atoms with Crippen molar-refractivity contribution in [3.05, 3.63) is 24.0 Å². The van der Waals surface area contributed by atoms with Gasteiger partial charge in [-0.2, -0.15) is 0 Å². The SMILES string of the molecule is CC(C)C(CN(C)C)NS(=O)(=O)c1cc(N)cc(F)c1. The lowest BCUT2D eigenvalue weighted by Gasteiger charge is -2.25. The van der Waals surface area contributed by atoms with Crippen LogP contribution in [0.1, 0.15) is 13.8 Å². The maximum Gasteiger partial charge on any atom is 0.241 e. The van der Waals surface area contributed by atoms with Crippen LogP contribution in [0.2, 0.25) is 0 Å². The molecule has 0 bridgehead atoms. The van der Waals surface area contributed by atoms with Crippen molar-refractivity contribution in [2.45, 2.75) is 24.8 Å². The number of nitrogens with one attached hydrogen (secondary N) is 1. The van der Waals surface area contributed by atoms with Gasteiger partial charge < -0.3 is 10.6 Å². The summed E-state index contributed by atoms with van der Waals surface area (Å²) in [6, 6.07) is 3.03. The molecule has 0 saturated carbocycles. The summed E-state index contributed by atoms with van der Waals surface area (Å²) < 4.78 is 40.4. The van der Waals surface area contributed by atoms with Crippen molar-refractivity contribution in [2.75, 3.05) is 26.4 Å². The Hall–Kier alpha value is -1.18. The number of rotatable bonds is 6. The molecule has 1 atom stereocenters. The van der Waals surface area contributed by atoms with Crippen LogP contribution in [-0.4, -0.2) is 40.0 Å². The predicted octanol–water partition coefficient (Wildman–Crippen LogP) is 1.27. The van der Waals surface area contributed by atoms with Gasteiger partial charge in [-0.05, 0) is 38.2 Å². The summed E-state index contributed by atoms with van der Waals surface area (Å²) in [5.74, 6) is -0.558. The Kier molecular flexibility index (Phi) is 5.50. The Morgan fingerprint density at radius 3 is 2.35 bits per heavy atom. The van der Waals surface area contributed by atoms with E-state index in [1.165, 1.54) is 6.07 Å². The highest BCUT2D eigenvalue weighted by Gasteiger charge is 2.23. The zero-order chi connectivity index (χ0) is 15.5. The molecule has 5 nitrogen and oxygen atoms in total. The van der Waals surface area contributed by atoms with Gasteiger partial charge in [0, 0.05) is 18.3 Å². The first-order valence-electron chi connectivity index (χ1n) is 6.35. The van der Waals surface area contributed by atoms with E-state index < -0.39 is 15.8 Å². The van der Waals surface area contributed by atoms with Crippen molar-refractivity contribution in [3.8, 4) is 0 Å². The predicted molar refractivity (Wildman–Crippen MR) is 78.3 cm³/mol. The van der Waals surface area contributed by atoms with Gasteiger partial charge in [-0.15, -0.1) is 0 Å². The molecule has 1 aromatic carbocycles. The number of benzene rings is 1. The van der Waals surface area contributed by atoms with Gasteiger partial charge in [0.25, 0.3) is 0 Å². The van der Waals surface area contributed by atoms with Crippen molar-refractivity contribution in [3.63, 3.8) is 0 Å². The zero-order valence-corrected chi connectivity index (χ0v) is 13.0. The Bertz CT molecular complexity index is 538. The highest BCUT2D eigenvalue weighted by Crippen LogP contribution is 2.17. The fraction of sp³-hybridized carbons (Fsp3) is 0.538. The summed E-state index contributed by atoms with van der Waals surface area (Å²) in [6.45, 7) is 4.41. The van der Waals surface area contributed by atoms with Crippen LogP contribution in [0.25, 0.3) is 0 Å². The van der Waals surface area contributed by atoms with Gasteiger partial charge in [0.15, 0.2) is 0 Å². The smallest absolute Gasteiger partial charge is 0.241 e. The summed E-state index contributed by atoms with van der Waals surface area (Å²) >= 11 is 0. The minimum absolute atomic E-state index is 0.0825. The molecule has 0 aliphatic carbocycles. The molecule has 7 heteroatoms. The lowest BCUT2D eigenvalue weighted by molar-refractivity contribution is 0.314. The van der Waals surface area contributed by atoms with E-state index in [9.17, 15) is 12.8 Å². The Balaban J connectivity index is 3.03. The van der Waals surface area contributed by atoms with Gasteiger partial charge in [0.1, 0.15) is 5.82 Å². The van der Waals surface area contributed by atoms with E-state index in [-0.39, 0.29) is 22.5 Å². The first kappa shape index (κ1) is 16.9. The number of hydrogen-bond acceptors (Lipinski definition) is 4. The number of anilines is 1. The molecule has 1 rings (SSSR count). The van der Waals surface area contributed by atoms with Crippen LogP contribution in [0.3, 0.4) is 0 Å². The Morgan fingerprint density at radius 1 is 1.30 bits per heavy atom. The van der Waals surface area contributed by atoms with Gasteiger partial charge in [0.05, 0.1) is 4.90 Å². The van der Waals surface area contributed by atoms with Crippen LogP contribution < -0.4 is 10.5 Å². The first-order chi connectivity index (χ1) is 9.11. The molecule has 0 saturated heterocycles. The summed E-state index contributed by atoms with van der Waals surface area (Å²) in [4.78, 5) is 1.74. The van der Waals surface area contributed by atoms with E-state index in [1.54, 1.807) is 0 Å². The van der Waals surface area contributed by atoms with Crippen molar-refractivity contribution >= 4 is 15.7 Å². The van der Waals surface area contributed by atoms with Crippen molar-refractivity contribution in [1.29, 1.82) is 0 Å². The van der Waals surface area contributed by atoms with Gasteiger partial charge >= 0.3 is 0 Å². The average molecular weight is 303 g/mol. The number of nitrogens with zero attached hydrogens (tertiary/aromatic N) is 1. The highest BCUT2D eigenvalue weighted by molar-refractivity contribution is 7.89. The molecule has 0 aromatic heterocycles. The molecule has 20 heavy (non-hydrogen) atoms. The molecule has 0 spiro atoms. The molecule has 1 unspecified atom stereocenters. The first-order valence-corrected chi connectivity index (χ1v) is 7.83. The molecule has 0 amide bonds. The Morgan fingerprint density at radius 2 is 1.90 bits per heavy atom. The minimum Gasteiger partial charge on any atom is -0.399 e. The van der Waals surface area contributed by atoms with Crippen LogP contribution in [0.4, 0.5) is 10.1 Å². The molecular formula is C13H22FN3O2S. The third-order valence-electron chi connectivity index (χ3n) is 2.88. The molecule has 1 aromatic rings. The molecule has 0 aliphatic rings. The molecule has 0 heterocycles. The fourth-order valence-corrected chi connectivity index (χ4v) is 3.22. The third kappa shape index (κ3) is 4.73. The molecule has 114 valence electrons. The molecule has 0 radical (unpaired) electrons. The van der Waals surface area contributed by atoms with Gasteiger partial charge in [-0.3, -0.25) is 0 Å². The molecule has 3 N–H and O–H groups in total. The van der Waals surface area contributed by atoms with Gasteiger partial charge in [-0.1, -0.05) is 13.8 Å². The quantitative estimate of drug-likeness (QED) is 0.776. The second kappa shape index (κ2) is 6.51. The number of nitrogen functional groups attached to an aromatic ring is 1. The van der Waals surface area contributed by atoms with Crippen LogP contribution in [-0.2, 0) is 10.0 Å². The van der Waals surface area contributed by atoms with E-state index in [1.807, 2.05) is 32.8 Å². The maximum atomic E-state index is 13.3. The molecule has 0 aliphatic heterocycles. The molecule has 0 fully saturated rings. The van der Waals surface area contributed by atoms with E-state index in [2.05, 4.69) is 4.72 Å². The molecular weight excluding hydrogens is 281 g/mol. The second-order valence-corrected chi connectivity index (χ2v) is 7.17. The third-order valence-corrected chi connectivity index (χ3v) is 4.35. The number of sulfonamides is 1. The Labute approximate surface area is 120 Å². The second-order valence-electron chi connectivity index (χ2n) is 5.45. The lowest BCUT2D eigenvalue weighted by Crippen LogP contribution is -2.44. The van der Waals surface area contributed by atoms with Crippen molar-refractivity contribution in [1.82, 2.24) is 9.62 Å². The summed E-state index contributed by atoms with van der Waals surface area (Å²) in [6.07, 6.45) is 0. The lowest BCUT2D eigenvalue weighted by atomic mass is 10.1. The fourth-order valence-electron chi connectivity index (χ4n) is 1.78. The van der Waals surface area contributed by atoms with Crippen LogP contribution in [0.15, 0.2) is 23.1 Å². The topological polar surface area (TPSA) is 75.4 Å².